The number of nitrogens with one attached hydrogen (secondary N) is 3. The highest BCUT2D eigenvalue weighted by Crippen LogP contribution is 2.54. The third kappa shape index (κ3) is 5.68. The van der Waals surface area contributed by atoms with Gasteiger partial charge in [0.15, 0.2) is 0 Å². The molecule has 41 heavy (non-hydrogen) atoms. The van der Waals surface area contributed by atoms with Crippen molar-refractivity contribution in [3.8, 4) is 11.8 Å². The standard InChI is InChI=1S/C24H29FN2O.C9H8N2O2/c1-14-9-10-17-19(11-14)27-22(28)24(17)18(13-26-20(24)12-23(3,4)5)16-8-6-7-15(2)21(16)25;1-13-9-4-7(5-10)2-3-8(9)11-6-12/h6-11,18,20,26H,12-13H2,1-5H3,(H,27,28);2-4,6H,1H3,(H,11,12)/t18?,20?,24-;/m0./s1. The number of fused-ring (bicyclic) bond motifs is 2. The minimum Gasteiger partial charge on any atom is -0.495 e. The van der Waals surface area contributed by atoms with Gasteiger partial charge in [0.2, 0.25) is 12.3 Å². The second kappa shape index (κ2) is 11.7. The van der Waals surface area contributed by atoms with Crippen LogP contribution in [0.1, 0.15) is 60.9 Å². The fourth-order valence-corrected chi connectivity index (χ4v) is 6.07. The molecule has 0 saturated carbocycles. The van der Waals surface area contributed by atoms with Gasteiger partial charge in [-0.2, -0.15) is 5.26 Å². The number of carbonyl (C=O) groups is 2. The fraction of sp³-hybridized carbons (Fsp3) is 0.364. The van der Waals surface area contributed by atoms with E-state index in [0.717, 1.165) is 23.2 Å². The number of anilines is 2. The predicted octanol–water partition coefficient (Wildman–Crippen LogP) is 5.96. The molecule has 2 unspecified atom stereocenters. The van der Waals surface area contributed by atoms with Crippen LogP contribution >= 0.6 is 0 Å². The van der Waals surface area contributed by atoms with E-state index in [0.29, 0.717) is 41.1 Å². The zero-order valence-electron chi connectivity index (χ0n) is 24.4. The van der Waals surface area contributed by atoms with E-state index < -0.39 is 5.41 Å². The van der Waals surface area contributed by atoms with Crippen LogP contribution in [0, 0.1) is 36.4 Å². The van der Waals surface area contributed by atoms with Gasteiger partial charge in [-0.1, -0.05) is 51.1 Å². The van der Waals surface area contributed by atoms with Crippen LogP contribution in [0.5, 0.6) is 5.75 Å². The van der Waals surface area contributed by atoms with E-state index in [4.69, 9.17) is 10.00 Å². The summed E-state index contributed by atoms with van der Waals surface area (Å²) in [5, 5.41) is 17.8. The number of hydrogen-bond acceptors (Lipinski definition) is 5. The molecule has 2 aliphatic heterocycles. The van der Waals surface area contributed by atoms with E-state index in [2.05, 4.69) is 48.9 Å². The van der Waals surface area contributed by atoms with Gasteiger partial charge in [-0.05, 0) is 66.1 Å². The molecule has 1 spiro atoms. The van der Waals surface area contributed by atoms with E-state index in [-0.39, 0.29) is 29.1 Å². The molecule has 1 saturated heterocycles. The Morgan fingerprint density at radius 2 is 1.93 bits per heavy atom. The monoisotopic (exact) mass is 556 g/mol. The molecular formula is C33H37FN4O3. The summed E-state index contributed by atoms with van der Waals surface area (Å²) in [4.78, 5) is 23.7. The van der Waals surface area contributed by atoms with Gasteiger partial charge in [0.05, 0.1) is 29.8 Å². The Morgan fingerprint density at radius 3 is 2.59 bits per heavy atom. The zero-order chi connectivity index (χ0) is 29.9. The Kier molecular flexibility index (Phi) is 8.50. The summed E-state index contributed by atoms with van der Waals surface area (Å²) in [6.07, 6.45) is 1.39. The second-order valence-electron chi connectivity index (χ2n) is 11.9. The van der Waals surface area contributed by atoms with Crippen LogP contribution in [-0.2, 0) is 15.0 Å². The maximum Gasteiger partial charge on any atom is 0.237 e. The molecule has 8 heteroatoms. The van der Waals surface area contributed by atoms with E-state index >= 15 is 4.39 Å². The largest absolute Gasteiger partial charge is 0.495 e. The molecule has 3 aromatic carbocycles. The van der Waals surface area contributed by atoms with Gasteiger partial charge in [-0.3, -0.25) is 9.59 Å². The highest BCUT2D eigenvalue weighted by molar-refractivity contribution is 6.08. The third-order valence-corrected chi connectivity index (χ3v) is 7.87. The van der Waals surface area contributed by atoms with Crippen molar-refractivity contribution in [1.29, 1.82) is 5.26 Å². The van der Waals surface area contributed by atoms with Gasteiger partial charge in [0.25, 0.3) is 0 Å². The molecule has 0 radical (unpaired) electrons. The number of methoxy groups -OCH3 is 1. The van der Waals surface area contributed by atoms with Gasteiger partial charge < -0.3 is 20.7 Å². The van der Waals surface area contributed by atoms with E-state index in [1.54, 1.807) is 31.2 Å². The molecule has 1 fully saturated rings. The Bertz CT molecular complexity index is 1510. The number of ether oxygens (including phenoxy) is 1. The van der Waals surface area contributed by atoms with Crippen LogP contribution in [0.15, 0.2) is 54.6 Å². The van der Waals surface area contributed by atoms with Crippen LogP contribution in [0.3, 0.4) is 0 Å². The maximum absolute atomic E-state index is 15.2. The molecule has 2 aliphatic rings. The van der Waals surface area contributed by atoms with Crippen LogP contribution in [-0.4, -0.2) is 32.0 Å². The van der Waals surface area contributed by atoms with Crippen molar-refractivity contribution in [2.45, 2.75) is 58.4 Å². The van der Waals surface area contributed by atoms with Gasteiger partial charge >= 0.3 is 0 Å². The SMILES string of the molecule is COc1cc(C#N)ccc1NC=O.Cc1ccc2c(c1)NC(=O)[C@@]21C(CC(C)(C)C)NCC1c1cccc(C)c1F. The smallest absolute Gasteiger partial charge is 0.237 e. The lowest BCUT2D eigenvalue weighted by molar-refractivity contribution is -0.122. The molecule has 2 heterocycles. The average Bonchev–Trinajstić information content (AvgIpc) is 3.42. The molecule has 3 aromatic rings. The van der Waals surface area contributed by atoms with Crippen molar-refractivity contribution in [2.75, 3.05) is 24.3 Å². The topological polar surface area (TPSA) is 103 Å². The Hall–Kier alpha value is -4.22. The Morgan fingerprint density at radius 1 is 1.17 bits per heavy atom. The lowest BCUT2D eigenvalue weighted by Gasteiger charge is -2.37. The van der Waals surface area contributed by atoms with E-state index in [1.807, 2.05) is 31.2 Å². The Labute approximate surface area is 241 Å². The summed E-state index contributed by atoms with van der Waals surface area (Å²) in [6, 6.07) is 18.4. The lowest BCUT2D eigenvalue weighted by Crippen LogP contribution is -2.49. The third-order valence-electron chi connectivity index (χ3n) is 7.87. The van der Waals surface area contributed by atoms with Crippen molar-refractivity contribution in [1.82, 2.24) is 5.32 Å². The Balaban J connectivity index is 0.000000251. The zero-order valence-corrected chi connectivity index (χ0v) is 24.4. The summed E-state index contributed by atoms with van der Waals surface area (Å²) in [5.74, 6) is 0.0200. The number of nitriles is 1. The second-order valence-corrected chi connectivity index (χ2v) is 11.9. The average molecular weight is 557 g/mol. The molecule has 7 nitrogen and oxygen atoms in total. The number of hydrogen-bond donors (Lipinski definition) is 3. The van der Waals surface area contributed by atoms with Crippen molar-refractivity contribution >= 4 is 23.7 Å². The number of nitrogens with zero attached hydrogens (tertiary/aromatic N) is 1. The van der Waals surface area contributed by atoms with Gasteiger partial charge in [0.1, 0.15) is 11.6 Å². The summed E-state index contributed by atoms with van der Waals surface area (Å²) in [7, 11) is 1.48. The van der Waals surface area contributed by atoms with Crippen molar-refractivity contribution in [2.24, 2.45) is 5.41 Å². The minimum atomic E-state index is -0.801. The lowest BCUT2D eigenvalue weighted by atomic mass is 9.63. The molecule has 0 aliphatic carbocycles. The molecular weight excluding hydrogens is 519 g/mol. The highest BCUT2D eigenvalue weighted by atomic mass is 19.1. The van der Waals surface area contributed by atoms with Crippen LogP contribution in [0.2, 0.25) is 0 Å². The highest BCUT2D eigenvalue weighted by Gasteiger charge is 2.61. The molecule has 5 rings (SSSR count). The van der Waals surface area contributed by atoms with E-state index in [1.165, 1.54) is 7.11 Å². The predicted molar refractivity (Wildman–Crippen MR) is 159 cm³/mol. The van der Waals surface area contributed by atoms with Gasteiger partial charge in [0, 0.05) is 30.3 Å². The summed E-state index contributed by atoms with van der Waals surface area (Å²) < 4.78 is 20.1. The first-order valence-corrected chi connectivity index (χ1v) is 13.7. The van der Waals surface area contributed by atoms with E-state index in [9.17, 15) is 9.59 Å². The quantitative estimate of drug-likeness (QED) is 0.337. The number of halogens is 1. The molecule has 0 aromatic heterocycles. The molecule has 3 atom stereocenters. The van der Waals surface area contributed by atoms with Gasteiger partial charge in [-0.25, -0.2) is 4.39 Å². The summed E-state index contributed by atoms with van der Waals surface area (Å²) >= 11 is 0. The van der Waals surface area contributed by atoms with Crippen LogP contribution in [0.25, 0.3) is 0 Å². The summed E-state index contributed by atoms with van der Waals surface area (Å²) in [5.41, 5.74) is 4.50. The normalized spacial score (nSPS) is 20.9. The van der Waals surface area contributed by atoms with Gasteiger partial charge in [-0.15, -0.1) is 0 Å². The number of amides is 2. The molecule has 214 valence electrons. The first-order valence-electron chi connectivity index (χ1n) is 13.7. The van der Waals surface area contributed by atoms with Crippen LogP contribution < -0.4 is 20.7 Å². The number of carbonyl (C=O) groups excluding carboxylic acids is 2. The molecule has 2 amide bonds. The van der Waals surface area contributed by atoms with Crippen LogP contribution in [0.4, 0.5) is 15.8 Å². The van der Waals surface area contributed by atoms with Crippen molar-refractivity contribution in [3.63, 3.8) is 0 Å². The molecule has 0 bridgehead atoms. The number of benzene rings is 3. The fourth-order valence-electron chi connectivity index (χ4n) is 6.07. The number of aryl methyl sites for hydroxylation is 2. The minimum absolute atomic E-state index is 0.0155. The maximum atomic E-state index is 15.2. The summed E-state index contributed by atoms with van der Waals surface area (Å²) in [6.45, 7) is 11.0. The molecule has 3 N–H and O–H groups in total. The first-order chi connectivity index (χ1) is 19.5. The first kappa shape index (κ1) is 29.8. The van der Waals surface area contributed by atoms with Crippen molar-refractivity contribution < 1.29 is 18.7 Å². The number of rotatable bonds is 5. The van der Waals surface area contributed by atoms with Crippen molar-refractivity contribution in [3.05, 3.63) is 88.2 Å².